The van der Waals surface area contributed by atoms with Crippen molar-refractivity contribution in [1.82, 2.24) is 0 Å². The molecule has 0 bridgehead atoms. The van der Waals surface area contributed by atoms with E-state index in [-0.39, 0.29) is 32.3 Å². The Bertz CT molecular complexity index is 1000. The summed E-state index contributed by atoms with van der Waals surface area (Å²) in [5.74, 6) is 1.49. The molecule has 1 saturated carbocycles. The molecule has 2 aromatic carbocycles. The van der Waals surface area contributed by atoms with Crippen LogP contribution in [-0.2, 0) is 16.0 Å². The van der Waals surface area contributed by atoms with Gasteiger partial charge in [-0.05, 0) is 78.8 Å². The summed E-state index contributed by atoms with van der Waals surface area (Å²) in [6, 6.07) is 15.0. The van der Waals surface area contributed by atoms with Gasteiger partial charge in [-0.1, -0.05) is 69.5 Å². The van der Waals surface area contributed by atoms with Gasteiger partial charge >= 0.3 is 5.97 Å². The molecule has 0 heterocycles. The number of hydrogen-bond donors (Lipinski definition) is 2. The van der Waals surface area contributed by atoms with Crippen molar-refractivity contribution in [1.29, 1.82) is 0 Å². The molecule has 0 unspecified atom stereocenters. The van der Waals surface area contributed by atoms with Crippen LogP contribution in [0.5, 0.6) is 5.75 Å². The van der Waals surface area contributed by atoms with Crippen molar-refractivity contribution in [2.75, 3.05) is 26.4 Å². The Balaban J connectivity index is 1.67. The largest absolute Gasteiger partial charge is 0.493 e. The molecule has 5 heteroatoms. The number of carbonyl (C=O) groups excluding carboxylic acids is 1. The van der Waals surface area contributed by atoms with E-state index in [1.54, 1.807) is 6.92 Å². The maximum atomic E-state index is 11.8. The number of aliphatic hydroxyl groups excluding tert-OH is 2. The quantitative estimate of drug-likeness (QED) is 0.152. The number of carbonyl (C=O) groups is 1. The first-order valence-electron chi connectivity index (χ1n) is 14.4. The minimum Gasteiger partial charge on any atom is -0.493 e. The van der Waals surface area contributed by atoms with Crippen molar-refractivity contribution in [2.45, 2.75) is 77.6 Å². The smallest absolute Gasteiger partial charge is 0.333 e. The van der Waals surface area contributed by atoms with E-state index in [1.807, 2.05) is 12.1 Å². The summed E-state index contributed by atoms with van der Waals surface area (Å²) in [5, 5.41) is 18.8. The van der Waals surface area contributed by atoms with Crippen LogP contribution in [0, 0.1) is 11.8 Å². The molecule has 0 amide bonds. The molecule has 1 aliphatic rings. The average Bonchev–Trinajstić information content (AvgIpc) is 2.94. The van der Waals surface area contributed by atoms with Crippen LogP contribution in [0.4, 0.5) is 0 Å². The highest BCUT2D eigenvalue weighted by Crippen LogP contribution is 2.38. The molecule has 0 saturated heterocycles. The zero-order valence-electron chi connectivity index (χ0n) is 23.3. The number of unbranched alkanes of at least 4 members (excludes halogenated alkanes) is 2. The lowest BCUT2D eigenvalue weighted by Gasteiger charge is -2.29. The maximum absolute atomic E-state index is 11.8. The second-order valence-electron chi connectivity index (χ2n) is 10.9. The summed E-state index contributed by atoms with van der Waals surface area (Å²) in [5.41, 5.74) is 4.93. The van der Waals surface area contributed by atoms with Gasteiger partial charge in [-0.3, -0.25) is 0 Å². The van der Waals surface area contributed by atoms with Crippen molar-refractivity contribution in [3.63, 3.8) is 0 Å². The lowest BCUT2D eigenvalue weighted by atomic mass is 9.77. The van der Waals surface area contributed by atoms with Gasteiger partial charge in [0, 0.05) is 17.9 Å². The number of hydrogen-bond acceptors (Lipinski definition) is 5. The van der Waals surface area contributed by atoms with Crippen molar-refractivity contribution in [3.05, 3.63) is 65.7 Å². The van der Waals surface area contributed by atoms with E-state index in [4.69, 9.17) is 9.47 Å². The molecule has 2 N–H and O–H groups in total. The monoisotopic (exact) mass is 522 g/mol. The normalized spacial score (nSPS) is 17.4. The van der Waals surface area contributed by atoms with Crippen molar-refractivity contribution in [2.24, 2.45) is 11.8 Å². The molecule has 3 rings (SSSR count). The number of esters is 1. The number of aliphatic hydroxyl groups is 2. The van der Waals surface area contributed by atoms with Gasteiger partial charge in [0.15, 0.2) is 0 Å². The van der Waals surface area contributed by atoms with Gasteiger partial charge in [0.25, 0.3) is 0 Å². The molecule has 208 valence electrons. The fourth-order valence-electron chi connectivity index (χ4n) is 5.26. The van der Waals surface area contributed by atoms with Crippen molar-refractivity contribution < 1.29 is 24.5 Å². The van der Waals surface area contributed by atoms with Gasteiger partial charge in [-0.2, -0.15) is 0 Å². The summed E-state index contributed by atoms with van der Waals surface area (Å²) in [6.07, 6.45) is 11.2. The van der Waals surface area contributed by atoms with Gasteiger partial charge in [-0.25, -0.2) is 4.79 Å². The van der Waals surface area contributed by atoms with Crippen LogP contribution < -0.4 is 4.74 Å². The first-order valence-corrected chi connectivity index (χ1v) is 14.4. The Labute approximate surface area is 228 Å². The van der Waals surface area contributed by atoms with Crippen molar-refractivity contribution >= 4 is 5.97 Å². The van der Waals surface area contributed by atoms with E-state index in [0.717, 1.165) is 22.6 Å². The topological polar surface area (TPSA) is 76.0 Å². The summed E-state index contributed by atoms with van der Waals surface area (Å²) in [7, 11) is 0. The molecule has 0 aliphatic heterocycles. The van der Waals surface area contributed by atoms with E-state index in [1.165, 1.54) is 56.9 Å². The molecule has 0 atom stereocenters. The van der Waals surface area contributed by atoms with Crippen molar-refractivity contribution in [3.8, 4) is 16.9 Å². The molecule has 5 nitrogen and oxygen atoms in total. The molecule has 2 aromatic rings. The average molecular weight is 523 g/mol. The Morgan fingerprint density at radius 2 is 1.68 bits per heavy atom. The third kappa shape index (κ3) is 8.99. The van der Waals surface area contributed by atoms with Crippen LogP contribution in [0.3, 0.4) is 0 Å². The molecule has 38 heavy (non-hydrogen) atoms. The maximum Gasteiger partial charge on any atom is 0.333 e. The van der Waals surface area contributed by atoms with E-state index in [0.29, 0.717) is 23.7 Å². The van der Waals surface area contributed by atoms with Gasteiger partial charge in [0.1, 0.15) is 5.75 Å². The molecular formula is C33H46O5. The van der Waals surface area contributed by atoms with E-state index in [9.17, 15) is 15.0 Å². The van der Waals surface area contributed by atoms with Gasteiger partial charge in [-0.15, -0.1) is 0 Å². The third-order valence-electron chi connectivity index (χ3n) is 7.78. The van der Waals surface area contributed by atoms with E-state index < -0.39 is 5.97 Å². The van der Waals surface area contributed by atoms with E-state index in [2.05, 4.69) is 43.8 Å². The van der Waals surface area contributed by atoms with Gasteiger partial charge in [0.05, 0.1) is 26.4 Å². The fourth-order valence-corrected chi connectivity index (χ4v) is 5.26. The highest BCUT2D eigenvalue weighted by atomic mass is 16.5. The standard InChI is InChI=1S/C33H46O5/c1-4-5-6-7-25-8-10-27(11-9-25)28-12-14-29(15-13-28)30-16-17-32(38-23-26(21-34)22-35)31(20-30)18-19-37-33(36)24(2)3/h12-17,20,25-27,34-35H,2,4-11,18-19,21-23H2,1,3H3. The van der Waals surface area contributed by atoms with Gasteiger partial charge in [0.2, 0.25) is 0 Å². The van der Waals surface area contributed by atoms with Crippen LogP contribution in [0.25, 0.3) is 11.1 Å². The van der Waals surface area contributed by atoms with E-state index >= 15 is 0 Å². The Morgan fingerprint density at radius 3 is 2.32 bits per heavy atom. The Hall–Kier alpha value is -2.63. The third-order valence-corrected chi connectivity index (χ3v) is 7.78. The van der Waals surface area contributed by atoms with Crippen LogP contribution >= 0.6 is 0 Å². The lowest BCUT2D eigenvalue weighted by Crippen LogP contribution is -2.20. The molecule has 0 radical (unpaired) electrons. The summed E-state index contributed by atoms with van der Waals surface area (Å²) < 4.78 is 11.3. The van der Waals surface area contributed by atoms with Crippen LogP contribution in [0.1, 0.15) is 82.3 Å². The zero-order valence-corrected chi connectivity index (χ0v) is 23.3. The first-order chi connectivity index (χ1) is 18.4. The minimum atomic E-state index is -0.408. The fraction of sp³-hybridized carbons (Fsp3) is 0.545. The molecule has 1 fully saturated rings. The highest BCUT2D eigenvalue weighted by Gasteiger charge is 2.22. The summed E-state index contributed by atoms with van der Waals surface area (Å²) in [6.45, 7) is 7.67. The molecule has 1 aliphatic carbocycles. The molecule has 0 spiro atoms. The predicted molar refractivity (Wildman–Crippen MR) is 153 cm³/mol. The number of ether oxygens (including phenoxy) is 2. The van der Waals surface area contributed by atoms with Crippen LogP contribution in [0.15, 0.2) is 54.6 Å². The zero-order chi connectivity index (χ0) is 27.3. The minimum absolute atomic E-state index is 0.146. The second kappa shape index (κ2) is 15.7. The second-order valence-corrected chi connectivity index (χ2v) is 10.9. The SMILES string of the molecule is C=C(C)C(=O)OCCc1cc(-c2ccc(C3CCC(CCCCC)CC3)cc2)ccc1OCC(CO)CO. The predicted octanol–water partition coefficient (Wildman–Crippen LogP) is 6.85. The molecular weight excluding hydrogens is 476 g/mol. The Morgan fingerprint density at radius 1 is 1.00 bits per heavy atom. The highest BCUT2D eigenvalue weighted by molar-refractivity contribution is 5.86. The first kappa shape index (κ1) is 29.9. The van der Waals surface area contributed by atoms with Crippen LogP contribution in [0.2, 0.25) is 0 Å². The Kier molecular flexibility index (Phi) is 12.4. The number of benzene rings is 2. The lowest BCUT2D eigenvalue weighted by molar-refractivity contribution is -0.138. The molecule has 0 aromatic heterocycles. The van der Waals surface area contributed by atoms with Crippen LogP contribution in [-0.4, -0.2) is 42.6 Å². The number of rotatable bonds is 15. The summed E-state index contributed by atoms with van der Waals surface area (Å²) >= 11 is 0. The van der Waals surface area contributed by atoms with Gasteiger partial charge < -0.3 is 19.7 Å². The summed E-state index contributed by atoms with van der Waals surface area (Å²) in [4.78, 5) is 11.8.